The summed E-state index contributed by atoms with van der Waals surface area (Å²) in [6.45, 7) is 9.09. The fourth-order valence-electron chi connectivity index (χ4n) is 1.64. The number of esters is 2. The third kappa shape index (κ3) is 4.65. The molecule has 108 valence electrons. The van der Waals surface area contributed by atoms with Crippen LogP contribution in [0, 0.1) is 0 Å². The fourth-order valence-corrected chi connectivity index (χ4v) is 1.64. The maximum atomic E-state index is 11.7. The zero-order valence-corrected chi connectivity index (χ0v) is 11.6. The highest BCUT2D eigenvalue weighted by Gasteiger charge is 2.39. The Morgan fingerprint density at radius 3 is 2.68 bits per heavy atom. The molecular formula is C13H20O6. The van der Waals surface area contributed by atoms with Crippen LogP contribution in [0.4, 0.5) is 0 Å². The molecule has 1 aliphatic rings. The van der Waals surface area contributed by atoms with E-state index in [1.54, 1.807) is 20.8 Å². The third-order valence-corrected chi connectivity index (χ3v) is 2.57. The zero-order valence-electron chi connectivity index (χ0n) is 11.6. The van der Waals surface area contributed by atoms with Crippen LogP contribution in [0.3, 0.4) is 0 Å². The Bertz CT molecular complexity index is 364. The number of ether oxygens (including phenoxy) is 4. The van der Waals surface area contributed by atoms with E-state index in [1.165, 1.54) is 0 Å². The van der Waals surface area contributed by atoms with Crippen LogP contribution >= 0.6 is 0 Å². The van der Waals surface area contributed by atoms with Gasteiger partial charge in [-0.05, 0) is 13.8 Å². The summed E-state index contributed by atoms with van der Waals surface area (Å²) < 4.78 is 20.9. The highest BCUT2D eigenvalue weighted by Crippen LogP contribution is 2.25. The lowest BCUT2D eigenvalue weighted by Crippen LogP contribution is -2.40. The molecule has 1 saturated heterocycles. The average Bonchev–Trinajstić information content (AvgIpc) is 2.51. The second-order valence-corrected chi connectivity index (χ2v) is 4.47. The Kier molecular flexibility index (Phi) is 5.50. The van der Waals surface area contributed by atoms with Gasteiger partial charge < -0.3 is 18.9 Å². The van der Waals surface area contributed by atoms with E-state index in [9.17, 15) is 9.59 Å². The van der Waals surface area contributed by atoms with Crippen LogP contribution in [0.1, 0.15) is 27.2 Å². The molecule has 0 spiro atoms. The molecule has 0 aromatic carbocycles. The van der Waals surface area contributed by atoms with Gasteiger partial charge in [0.25, 0.3) is 0 Å². The first-order valence-corrected chi connectivity index (χ1v) is 6.19. The summed E-state index contributed by atoms with van der Waals surface area (Å²) in [5.41, 5.74) is 0.266. The van der Waals surface area contributed by atoms with E-state index in [0.29, 0.717) is 0 Å². The lowest BCUT2D eigenvalue weighted by Gasteiger charge is -2.29. The molecule has 0 saturated carbocycles. The van der Waals surface area contributed by atoms with Gasteiger partial charge >= 0.3 is 11.9 Å². The second-order valence-electron chi connectivity index (χ2n) is 4.47. The minimum Gasteiger partial charge on any atom is -0.464 e. The molecule has 2 atom stereocenters. The third-order valence-electron chi connectivity index (χ3n) is 2.57. The van der Waals surface area contributed by atoms with Gasteiger partial charge in [0.05, 0.1) is 26.2 Å². The molecular weight excluding hydrogens is 252 g/mol. The highest BCUT2D eigenvalue weighted by atomic mass is 16.7. The van der Waals surface area contributed by atoms with Gasteiger partial charge in [-0.1, -0.05) is 6.58 Å². The van der Waals surface area contributed by atoms with Gasteiger partial charge in [-0.3, -0.25) is 0 Å². The van der Waals surface area contributed by atoms with Crippen LogP contribution in [0.5, 0.6) is 0 Å². The SMILES string of the molecule is C=C(C)C(=O)OC1(C)CC(C(=O)OCC)OCCO1. The van der Waals surface area contributed by atoms with Gasteiger partial charge in [0, 0.05) is 12.5 Å². The molecule has 0 N–H and O–H groups in total. The molecule has 0 radical (unpaired) electrons. The quantitative estimate of drug-likeness (QED) is 0.565. The summed E-state index contributed by atoms with van der Waals surface area (Å²) in [6.07, 6.45) is -0.712. The molecule has 6 nitrogen and oxygen atoms in total. The maximum absolute atomic E-state index is 11.7. The Hall–Kier alpha value is -1.40. The Balaban J connectivity index is 2.73. The summed E-state index contributed by atoms with van der Waals surface area (Å²) in [6, 6.07) is 0. The zero-order chi connectivity index (χ0) is 14.5. The lowest BCUT2D eigenvalue weighted by atomic mass is 10.1. The number of hydrogen-bond acceptors (Lipinski definition) is 6. The Morgan fingerprint density at radius 1 is 1.42 bits per heavy atom. The predicted molar refractivity (Wildman–Crippen MR) is 66.3 cm³/mol. The summed E-state index contributed by atoms with van der Waals surface area (Å²) in [5.74, 6) is -2.26. The summed E-state index contributed by atoms with van der Waals surface area (Å²) in [5, 5.41) is 0. The van der Waals surface area contributed by atoms with E-state index in [0.717, 1.165) is 0 Å². The molecule has 1 aliphatic heterocycles. The van der Waals surface area contributed by atoms with E-state index < -0.39 is 23.8 Å². The number of carbonyl (C=O) groups excluding carboxylic acids is 2. The van der Waals surface area contributed by atoms with Gasteiger partial charge in [-0.25, -0.2) is 9.59 Å². The van der Waals surface area contributed by atoms with Crippen LogP contribution in [0.15, 0.2) is 12.2 Å². The molecule has 0 aliphatic carbocycles. The molecule has 0 aromatic heterocycles. The van der Waals surface area contributed by atoms with Crippen molar-refractivity contribution < 1.29 is 28.5 Å². The Labute approximate surface area is 112 Å². The van der Waals surface area contributed by atoms with Gasteiger partial charge in [-0.2, -0.15) is 0 Å². The smallest absolute Gasteiger partial charge is 0.335 e. The average molecular weight is 272 g/mol. The van der Waals surface area contributed by atoms with Crippen LogP contribution < -0.4 is 0 Å². The van der Waals surface area contributed by atoms with Crippen molar-refractivity contribution in [2.24, 2.45) is 0 Å². The first kappa shape index (κ1) is 15.7. The largest absolute Gasteiger partial charge is 0.464 e. The van der Waals surface area contributed by atoms with Crippen molar-refractivity contribution in [3.63, 3.8) is 0 Å². The topological polar surface area (TPSA) is 71.1 Å². The normalized spacial score (nSPS) is 27.2. The van der Waals surface area contributed by atoms with Crippen LogP contribution in [-0.4, -0.2) is 43.7 Å². The molecule has 1 fully saturated rings. The van der Waals surface area contributed by atoms with E-state index >= 15 is 0 Å². The van der Waals surface area contributed by atoms with E-state index in [2.05, 4.69) is 6.58 Å². The molecule has 19 heavy (non-hydrogen) atoms. The Morgan fingerprint density at radius 2 is 2.11 bits per heavy atom. The molecule has 2 unspecified atom stereocenters. The van der Waals surface area contributed by atoms with Gasteiger partial charge in [0.2, 0.25) is 5.79 Å². The summed E-state index contributed by atoms with van der Waals surface area (Å²) in [4.78, 5) is 23.3. The van der Waals surface area contributed by atoms with Crippen molar-refractivity contribution in [1.82, 2.24) is 0 Å². The minimum absolute atomic E-state index is 0.0881. The summed E-state index contributed by atoms with van der Waals surface area (Å²) in [7, 11) is 0. The molecule has 0 amide bonds. The predicted octanol–water partition coefficient (Wildman–Crippen LogP) is 1.19. The number of hydrogen-bond donors (Lipinski definition) is 0. The first-order valence-electron chi connectivity index (χ1n) is 6.19. The van der Waals surface area contributed by atoms with Crippen molar-refractivity contribution in [2.45, 2.75) is 39.1 Å². The number of rotatable bonds is 4. The second kappa shape index (κ2) is 6.68. The number of carbonyl (C=O) groups is 2. The monoisotopic (exact) mass is 272 g/mol. The standard InChI is InChI=1S/C13H20O6/c1-5-16-12(15)10-8-13(4,18-7-6-17-10)19-11(14)9(2)3/h10H,2,5-8H2,1,3-4H3. The summed E-state index contributed by atoms with van der Waals surface area (Å²) >= 11 is 0. The minimum atomic E-state index is -1.22. The van der Waals surface area contributed by atoms with Crippen molar-refractivity contribution >= 4 is 11.9 Å². The fraction of sp³-hybridized carbons (Fsp3) is 0.692. The van der Waals surface area contributed by atoms with Crippen molar-refractivity contribution in [1.29, 1.82) is 0 Å². The lowest BCUT2D eigenvalue weighted by molar-refractivity contribution is -0.221. The van der Waals surface area contributed by atoms with E-state index in [4.69, 9.17) is 18.9 Å². The van der Waals surface area contributed by atoms with Crippen LogP contribution in [-0.2, 0) is 28.5 Å². The van der Waals surface area contributed by atoms with Gasteiger partial charge in [0.1, 0.15) is 0 Å². The maximum Gasteiger partial charge on any atom is 0.335 e. The molecule has 0 aromatic rings. The first-order chi connectivity index (χ1) is 8.88. The molecule has 1 rings (SSSR count). The van der Waals surface area contributed by atoms with Gasteiger partial charge in [-0.15, -0.1) is 0 Å². The van der Waals surface area contributed by atoms with Crippen LogP contribution in [0.25, 0.3) is 0 Å². The molecule has 0 bridgehead atoms. The van der Waals surface area contributed by atoms with E-state index in [1.807, 2.05) is 0 Å². The van der Waals surface area contributed by atoms with Gasteiger partial charge in [0.15, 0.2) is 6.10 Å². The molecule has 6 heteroatoms. The highest BCUT2D eigenvalue weighted by molar-refractivity contribution is 5.87. The van der Waals surface area contributed by atoms with Crippen molar-refractivity contribution in [2.75, 3.05) is 19.8 Å². The van der Waals surface area contributed by atoms with Crippen molar-refractivity contribution in [3.8, 4) is 0 Å². The van der Waals surface area contributed by atoms with Crippen molar-refractivity contribution in [3.05, 3.63) is 12.2 Å². The molecule has 1 heterocycles. The van der Waals surface area contributed by atoms with Crippen LogP contribution in [0.2, 0.25) is 0 Å². The van der Waals surface area contributed by atoms with E-state index in [-0.39, 0.29) is 31.8 Å².